The van der Waals surface area contributed by atoms with Gasteiger partial charge in [0.2, 0.25) is 0 Å². The first kappa shape index (κ1) is 15.3. The number of nitrogens with zero attached hydrogens (tertiary/aromatic N) is 1. The van der Waals surface area contributed by atoms with Crippen LogP contribution >= 0.6 is 0 Å². The highest BCUT2D eigenvalue weighted by atomic mass is 16.5. The number of aliphatic hydroxyl groups excluding tert-OH is 2. The molecule has 0 saturated carbocycles. The molecular formula is C11H23NO4. The molecule has 0 heterocycles. The van der Waals surface area contributed by atoms with Gasteiger partial charge in [0.25, 0.3) is 0 Å². The molecule has 0 aliphatic rings. The zero-order valence-electron chi connectivity index (χ0n) is 10.0. The van der Waals surface area contributed by atoms with Crippen LogP contribution in [0.3, 0.4) is 0 Å². The molecule has 0 aliphatic heterocycles. The number of hydrogen-bond acceptors (Lipinski definition) is 5. The maximum Gasteiger partial charge on any atom is 0.307 e. The van der Waals surface area contributed by atoms with E-state index in [2.05, 4.69) is 0 Å². The van der Waals surface area contributed by atoms with Crippen LogP contribution in [0.4, 0.5) is 0 Å². The Morgan fingerprint density at radius 3 is 2.31 bits per heavy atom. The van der Waals surface area contributed by atoms with E-state index in [0.29, 0.717) is 32.7 Å². The van der Waals surface area contributed by atoms with Gasteiger partial charge in [-0.15, -0.1) is 0 Å². The molecule has 96 valence electrons. The Morgan fingerprint density at radius 2 is 1.81 bits per heavy atom. The van der Waals surface area contributed by atoms with Gasteiger partial charge < -0.3 is 14.9 Å². The molecule has 0 bridgehead atoms. The number of unbranched alkanes of at least 4 members (excludes halogenated alkanes) is 1. The third kappa shape index (κ3) is 8.64. The molecule has 5 nitrogen and oxygen atoms in total. The highest BCUT2D eigenvalue weighted by molar-refractivity contribution is 5.69. The van der Waals surface area contributed by atoms with E-state index < -0.39 is 0 Å². The lowest BCUT2D eigenvalue weighted by molar-refractivity contribution is -0.144. The minimum atomic E-state index is -0.214. The number of aliphatic hydroxyl groups is 2. The van der Waals surface area contributed by atoms with Gasteiger partial charge in [0, 0.05) is 19.6 Å². The van der Waals surface area contributed by atoms with Crippen LogP contribution in [0, 0.1) is 0 Å². The van der Waals surface area contributed by atoms with E-state index in [4.69, 9.17) is 14.9 Å². The summed E-state index contributed by atoms with van der Waals surface area (Å²) in [5.41, 5.74) is 0. The van der Waals surface area contributed by atoms with Crippen molar-refractivity contribution in [2.24, 2.45) is 0 Å². The SMILES string of the molecule is CCCCOC(=O)CCN(CCO)CCO. The van der Waals surface area contributed by atoms with E-state index in [0.717, 1.165) is 12.8 Å². The van der Waals surface area contributed by atoms with Crippen molar-refractivity contribution in [1.82, 2.24) is 4.90 Å². The fourth-order valence-corrected chi connectivity index (χ4v) is 1.27. The predicted octanol–water partition coefficient (Wildman–Crippen LogP) is 0.00640. The summed E-state index contributed by atoms with van der Waals surface area (Å²) in [7, 11) is 0. The molecule has 0 spiro atoms. The molecule has 0 unspecified atom stereocenters. The monoisotopic (exact) mass is 233 g/mol. The topological polar surface area (TPSA) is 70.0 Å². The minimum Gasteiger partial charge on any atom is -0.466 e. The summed E-state index contributed by atoms with van der Waals surface area (Å²) >= 11 is 0. The van der Waals surface area contributed by atoms with E-state index in [9.17, 15) is 4.79 Å². The molecule has 2 N–H and O–H groups in total. The maximum absolute atomic E-state index is 11.3. The summed E-state index contributed by atoms with van der Waals surface area (Å²) in [6.45, 7) is 4.06. The number of carbonyl (C=O) groups is 1. The van der Waals surface area contributed by atoms with Crippen molar-refractivity contribution in [3.8, 4) is 0 Å². The molecule has 0 radical (unpaired) electrons. The Morgan fingerprint density at radius 1 is 1.19 bits per heavy atom. The largest absolute Gasteiger partial charge is 0.466 e. The van der Waals surface area contributed by atoms with Crippen LogP contribution in [0.1, 0.15) is 26.2 Å². The number of hydrogen-bond donors (Lipinski definition) is 2. The molecule has 0 fully saturated rings. The van der Waals surface area contributed by atoms with Crippen LogP contribution in [0.5, 0.6) is 0 Å². The summed E-state index contributed by atoms with van der Waals surface area (Å²) < 4.78 is 5.00. The first-order valence-electron chi connectivity index (χ1n) is 5.84. The molecule has 5 heteroatoms. The van der Waals surface area contributed by atoms with Gasteiger partial charge >= 0.3 is 5.97 Å². The lowest BCUT2D eigenvalue weighted by Gasteiger charge is -2.19. The molecule has 0 saturated heterocycles. The average molecular weight is 233 g/mol. The molecule has 0 rings (SSSR count). The third-order valence-electron chi connectivity index (χ3n) is 2.23. The smallest absolute Gasteiger partial charge is 0.307 e. The minimum absolute atomic E-state index is 0.0326. The van der Waals surface area contributed by atoms with Gasteiger partial charge in [-0.25, -0.2) is 0 Å². The first-order chi connectivity index (χ1) is 7.74. The van der Waals surface area contributed by atoms with Crippen molar-refractivity contribution in [1.29, 1.82) is 0 Å². The zero-order valence-corrected chi connectivity index (χ0v) is 10.0. The van der Waals surface area contributed by atoms with Gasteiger partial charge in [0.05, 0.1) is 26.2 Å². The highest BCUT2D eigenvalue weighted by Gasteiger charge is 2.08. The normalized spacial score (nSPS) is 10.8. The second-order valence-corrected chi connectivity index (χ2v) is 3.61. The maximum atomic E-state index is 11.3. The number of ether oxygens (including phenoxy) is 1. The van der Waals surface area contributed by atoms with Crippen LogP contribution in [-0.4, -0.2) is 60.5 Å². The van der Waals surface area contributed by atoms with E-state index in [1.807, 2.05) is 11.8 Å². The molecule has 0 amide bonds. The van der Waals surface area contributed by atoms with Crippen molar-refractivity contribution in [2.45, 2.75) is 26.2 Å². The van der Waals surface area contributed by atoms with Gasteiger partial charge in [0.1, 0.15) is 0 Å². The molecule has 0 aromatic heterocycles. The lowest BCUT2D eigenvalue weighted by Crippen LogP contribution is -2.32. The lowest BCUT2D eigenvalue weighted by atomic mass is 10.3. The van der Waals surface area contributed by atoms with E-state index in [1.54, 1.807) is 0 Å². The molecule has 0 aliphatic carbocycles. The van der Waals surface area contributed by atoms with Crippen LogP contribution in [0.25, 0.3) is 0 Å². The van der Waals surface area contributed by atoms with E-state index in [1.165, 1.54) is 0 Å². The van der Waals surface area contributed by atoms with E-state index >= 15 is 0 Å². The highest BCUT2D eigenvalue weighted by Crippen LogP contribution is 1.95. The van der Waals surface area contributed by atoms with Crippen LogP contribution in [0.15, 0.2) is 0 Å². The molecule has 0 atom stereocenters. The third-order valence-corrected chi connectivity index (χ3v) is 2.23. The predicted molar refractivity (Wildman–Crippen MR) is 61.1 cm³/mol. The quantitative estimate of drug-likeness (QED) is 0.411. The van der Waals surface area contributed by atoms with Crippen molar-refractivity contribution in [2.75, 3.05) is 39.5 Å². The number of carbonyl (C=O) groups excluding carboxylic acids is 1. The van der Waals surface area contributed by atoms with E-state index in [-0.39, 0.29) is 19.2 Å². The van der Waals surface area contributed by atoms with Crippen LogP contribution < -0.4 is 0 Å². The second-order valence-electron chi connectivity index (χ2n) is 3.61. The van der Waals surface area contributed by atoms with Crippen LogP contribution in [-0.2, 0) is 9.53 Å². The summed E-state index contributed by atoms with van der Waals surface area (Å²) in [6.07, 6.45) is 2.21. The van der Waals surface area contributed by atoms with Gasteiger partial charge in [0.15, 0.2) is 0 Å². The molecule has 0 aromatic rings. The van der Waals surface area contributed by atoms with Gasteiger partial charge in [-0.2, -0.15) is 0 Å². The van der Waals surface area contributed by atoms with Crippen molar-refractivity contribution < 1.29 is 19.7 Å². The fraction of sp³-hybridized carbons (Fsp3) is 0.909. The summed E-state index contributed by atoms with van der Waals surface area (Å²) in [5, 5.41) is 17.5. The summed E-state index contributed by atoms with van der Waals surface area (Å²) in [6, 6.07) is 0. The van der Waals surface area contributed by atoms with Crippen molar-refractivity contribution >= 4 is 5.97 Å². The molecule has 16 heavy (non-hydrogen) atoms. The number of rotatable bonds is 10. The van der Waals surface area contributed by atoms with Gasteiger partial charge in [-0.1, -0.05) is 13.3 Å². The van der Waals surface area contributed by atoms with Crippen molar-refractivity contribution in [3.05, 3.63) is 0 Å². The number of esters is 1. The Labute approximate surface area is 97.0 Å². The Kier molecular flexibility index (Phi) is 10.4. The zero-order chi connectivity index (χ0) is 12.2. The summed E-state index contributed by atoms with van der Waals surface area (Å²) in [4.78, 5) is 13.1. The van der Waals surface area contributed by atoms with Crippen LogP contribution in [0.2, 0.25) is 0 Å². The van der Waals surface area contributed by atoms with Gasteiger partial charge in [-0.3, -0.25) is 9.69 Å². The second kappa shape index (κ2) is 10.9. The fourth-order valence-electron chi connectivity index (χ4n) is 1.27. The average Bonchev–Trinajstić information content (AvgIpc) is 2.27. The first-order valence-corrected chi connectivity index (χ1v) is 5.84. The Balaban J connectivity index is 3.60. The van der Waals surface area contributed by atoms with Gasteiger partial charge in [-0.05, 0) is 6.42 Å². The Hall–Kier alpha value is -0.650. The molecular weight excluding hydrogens is 210 g/mol. The van der Waals surface area contributed by atoms with Crippen molar-refractivity contribution in [3.63, 3.8) is 0 Å². The summed E-state index contributed by atoms with van der Waals surface area (Å²) in [5.74, 6) is -0.214. The Bertz CT molecular complexity index is 169. The standard InChI is InChI=1S/C11H23NO4/c1-2-3-10-16-11(15)4-5-12(6-8-13)7-9-14/h13-14H,2-10H2,1H3. The molecule has 0 aromatic carbocycles.